The highest BCUT2D eigenvalue weighted by Crippen LogP contribution is 2.32. The maximum atomic E-state index is 6.49. The summed E-state index contributed by atoms with van der Waals surface area (Å²) in [5, 5.41) is 4.21. The van der Waals surface area contributed by atoms with E-state index in [-0.39, 0.29) is 0 Å². The molecule has 21 heavy (non-hydrogen) atoms. The van der Waals surface area contributed by atoms with Crippen LogP contribution in [0, 0.1) is 11.8 Å². The molecule has 2 unspecified atom stereocenters. The van der Waals surface area contributed by atoms with Crippen molar-refractivity contribution in [1.82, 2.24) is 5.32 Å². The van der Waals surface area contributed by atoms with Crippen LogP contribution in [-0.2, 0) is 11.3 Å². The molecule has 2 rings (SSSR count). The first-order chi connectivity index (χ1) is 10.1. The molecule has 1 fully saturated rings. The van der Waals surface area contributed by atoms with E-state index in [0.717, 1.165) is 49.6 Å². The molecule has 118 valence electrons. The SMILES string of the molecule is COCCNCc1ccc(N2CCC(C)C(C)C2)c(Cl)c1. The van der Waals surface area contributed by atoms with Crippen LogP contribution in [0.3, 0.4) is 0 Å². The van der Waals surface area contributed by atoms with E-state index >= 15 is 0 Å². The number of nitrogens with one attached hydrogen (secondary N) is 1. The smallest absolute Gasteiger partial charge is 0.0642 e. The van der Waals surface area contributed by atoms with Gasteiger partial charge in [0.25, 0.3) is 0 Å². The van der Waals surface area contributed by atoms with E-state index in [1.165, 1.54) is 17.7 Å². The Kier molecular flexibility index (Phi) is 6.34. The summed E-state index contributed by atoms with van der Waals surface area (Å²) in [4.78, 5) is 2.43. The molecular formula is C17H27ClN2O. The van der Waals surface area contributed by atoms with Crippen molar-refractivity contribution in [2.24, 2.45) is 11.8 Å². The second-order valence-corrected chi connectivity index (χ2v) is 6.55. The van der Waals surface area contributed by atoms with Crippen LogP contribution < -0.4 is 10.2 Å². The lowest BCUT2D eigenvalue weighted by molar-refractivity contribution is 0.199. The summed E-state index contributed by atoms with van der Waals surface area (Å²) < 4.78 is 5.03. The van der Waals surface area contributed by atoms with Gasteiger partial charge in [-0.25, -0.2) is 0 Å². The Hall–Kier alpha value is -0.770. The van der Waals surface area contributed by atoms with E-state index in [2.05, 4.69) is 42.3 Å². The summed E-state index contributed by atoms with van der Waals surface area (Å²) in [7, 11) is 1.72. The molecule has 1 N–H and O–H groups in total. The van der Waals surface area contributed by atoms with Gasteiger partial charge in [-0.1, -0.05) is 31.5 Å². The van der Waals surface area contributed by atoms with Crippen molar-refractivity contribution < 1.29 is 4.74 Å². The maximum absolute atomic E-state index is 6.49. The van der Waals surface area contributed by atoms with Crippen molar-refractivity contribution in [3.05, 3.63) is 28.8 Å². The fraction of sp³-hybridized carbons (Fsp3) is 0.647. The Bertz CT molecular complexity index is 452. The Morgan fingerprint density at radius 1 is 1.33 bits per heavy atom. The van der Waals surface area contributed by atoms with Gasteiger partial charge in [0.2, 0.25) is 0 Å². The van der Waals surface area contributed by atoms with Crippen molar-refractivity contribution in [3.8, 4) is 0 Å². The topological polar surface area (TPSA) is 24.5 Å². The van der Waals surface area contributed by atoms with Gasteiger partial charge in [0, 0.05) is 33.3 Å². The van der Waals surface area contributed by atoms with Crippen LogP contribution in [0.2, 0.25) is 5.02 Å². The van der Waals surface area contributed by atoms with E-state index in [1.807, 2.05) is 0 Å². The molecule has 1 aliphatic rings. The first-order valence-electron chi connectivity index (χ1n) is 7.85. The number of benzene rings is 1. The molecule has 1 heterocycles. The third-order valence-electron chi connectivity index (χ3n) is 4.50. The van der Waals surface area contributed by atoms with Crippen LogP contribution >= 0.6 is 11.6 Å². The summed E-state index contributed by atoms with van der Waals surface area (Å²) in [6, 6.07) is 6.42. The van der Waals surface area contributed by atoms with E-state index in [0.29, 0.717) is 0 Å². The monoisotopic (exact) mass is 310 g/mol. The summed E-state index contributed by atoms with van der Waals surface area (Å²) >= 11 is 6.49. The Morgan fingerprint density at radius 2 is 2.14 bits per heavy atom. The summed E-state index contributed by atoms with van der Waals surface area (Å²) in [6.45, 7) is 9.31. The van der Waals surface area contributed by atoms with Crippen LogP contribution in [0.15, 0.2) is 18.2 Å². The van der Waals surface area contributed by atoms with E-state index < -0.39 is 0 Å². The fourth-order valence-electron chi connectivity index (χ4n) is 2.81. The number of rotatable bonds is 6. The van der Waals surface area contributed by atoms with Crippen molar-refractivity contribution in [2.75, 3.05) is 38.3 Å². The lowest BCUT2D eigenvalue weighted by Gasteiger charge is -2.37. The molecule has 0 aliphatic carbocycles. The van der Waals surface area contributed by atoms with Gasteiger partial charge in [-0.2, -0.15) is 0 Å². The molecule has 0 spiro atoms. The highest BCUT2D eigenvalue weighted by atomic mass is 35.5. The molecule has 4 heteroatoms. The molecule has 1 aliphatic heterocycles. The number of ether oxygens (including phenoxy) is 1. The molecular weight excluding hydrogens is 284 g/mol. The molecule has 3 nitrogen and oxygen atoms in total. The van der Waals surface area contributed by atoms with Gasteiger partial charge in [0.1, 0.15) is 0 Å². The van der Waals surface area contributed by atoms with Gasteiger partial charge in [-0.3, -0.25) is 0 Å². The number of piperidine rings is 1. The highest BCUT2D eigenvalue weighted by Gasteiger charge is 2.23. The first kappa shape index (κ1) is 16.6. The lowest BCUT2D eigenvalue weighted by atomic mass is 9.88. The highest BCUT2D eigenvalue weighted by molar-refractivity contribution is 6.33. The van der Waals surface area contributed by atoms with Crippen molar-refractivity contribution in [3.63, 3.8) is 0 Å². The number of hydrogen-bond donors (Lipinski definition) is 1. The van der Waals surface area contributed by atoms with Crippen molar-refractivity contribution in [1.29, 1.82) is 0 Å². The zero-order valence-electron chi connectivity index (χ0n) is 13.4. The first-order valence-corrected chi connectivity index (χ1v) is 8.22. The number of anilines is 1. The second kappa shape index (κ2) is 8.02. The van der Waals surface area contributed by atoms with Gasteiger partial charge < -0.3 is 15.0 Å². The Labute approximate surface area is 133 Å². The largest absolute Gasteiger partial charge is 0.383 e. The van der Waals surface area contributed by atoms with Crippen LogP contribution in [0.5, 0.6) is 0 Å². The van der Waals surface area contributed by atoms with Gasteiger partial charge in [-0.15, -0.1) is 0 Å². The molecule has 1 aromatic rings. The average Bonchev–Trinajstić information content (AvgIpc) is 2.47. The van der Waals surface area contributed by atoms with E-state index in [4.69, 9.17) is 16.3 Å². The third-order valence-corrected chi connectivity index (χ3v) is 4.80. The molecule has 2 atom stereocenters. The van der Waals surface area contributed by atoms with Crippen LogP contribution in [0.4, 0.5) is 5.69 Å². The summed E-state index contributed by atoms with van der Waals surface area (Å²) in [6.07, 6.45) is 1.25. The summed E-state index contributed by atoms with van der Waals surface area (Å²) in [5.74, 6) is 1.54. The van der Waals surface area contributed by atoms with Gasteiger partial charge in [0.15, 0.2) is 0 Å². The molecule has 1 aromatic carbocycles. The van der Waals surface area contributed by atoms with E-state index in [9.17, 15) is 0 Å². The summed E-state index contributed by atoms with van der Waals surface area (Å²) in [5.41, 5.74) is 2.40. The minimum Gasteiger partial charge on any atom is -0.383 e. The standard InChI is InChI=1S/C17H27ClN2O/c1-13-6-8-20(12-14(13)2)17-5-4-15(10-16(17)18)11-19-7-9-21-3/h4-5,10,13-14,19H,6-9,11-12H2,1-3H3. The quantitative estimate of drug-likeness (QED) is 0.813. The molecule has 0 bridgehead atoms. The van der Waals surface area contributed by atoms with Crippen LogP contribution in [0.1, 0.15) is 25.8 Å². The number of hydrogen-bond acceptors (Lipinski definition) is 3. The number of methoxy groups -OCH3 is 1. The predicted molar refractivity (Wildman–Crippen MR) is 90.2 cm³/mol. The predicted octanol–water partition coefficient (Wildman–Crippen LogP) is 3.56. The minimum atomic E-state index is 0.727. The maximum Gasteiger partial charge on any atom is 0.0642 e. The molecule has 0 radical (unpaired) electrons. The number of halogens is 1. The normalized spacial score (nSPS) is 22.6. The fourth-order valence-corrected chi connectivity index (χ4v) is 3.13. The lowest BCUT2D eigenvalue weighted by Crippen LogP contribution is -2.38. The van der Waals surface area contributed by atoms with Crippen LogP contribution in [0.25, 0.3) is 0 Å². The molecule has 0 saturated carbocycles. The zero-order chi connectivity index (χ0) is 15.2. The van der Waals surface area contributed by atoms with Crippen molar-refractivity contribution in [2.45, 2.75) is 26.8 Å². The van der Waals surface area contributed by atoms with Gasteiger partial charge >= 0.3 is 0 Å². The molecule has 0 amide bonds. The van der Waals surface area contributed by atoms with Gasteiger partial charge in [0.05, 0.1) is 17.3 Å². The average molecular weight is 311 g/mol. The Morgan fingerprint density at radius 3 is 2.81 bits per heavy atom. The van der Waals surface area contributed by atoms with E-state index in [1.54, 1.807) is 7.11 Å². The third kappa shape index (κ3) is 4.60. The molecule has 0 aromatic heterocycles. The molecule has 1 saturated heterocycles. The minimum absolute atomic E-state index is 0.727. The van der Waals surface area contributed by atoms with Crippen LogP contribution in [-0.4, -0.2) is 33.4 Å². The number of nitrogens with zero attached hydrogens (tertiary/aromatic N) is 1. The van der Waals surface area contributed by atoms with Gasteiger partial charge in [-0.05, 0) is 36.0 Å². The zero-order valence-corrected chi connectivity index (χ0v) is 14.1. The Balaban J connectivity index is 1.95. The van der Waals surface area contributed by atoms with Crippen molar-refractivity contribution >= 4 is 17.3 Å². The second-order valence-electron chi connectivity index (χ2n) is 6.14.